The van der Waals surface area contributed by atoms with Gasteiger partial charge in [-0.1, -0.05) is 18.2 Å². The van der Waals surface area contributed by atoms with Crippen molar-refractivity contribution < 1.29 is 0 Å². The number of anilines is 1. The maximum atomic E-state index is 2.34. The summed E-state index contributed by atoms with van der Waals surface area (Å²) >= 11 is 0. The lowest BCUT2D eigenvalue weighted by Crippen LogP contribution is -2.33. The molecular formula is C11H12N2. The summed E-state index contributed by atoms with van der Waals surface area (Å²) in [5.41, 5.74) is 2.83. The van der Waals surface area contributed by atoms with E-state index in [-0.39, 0.29) is 0 Å². The normalized spacial score (nSPS) is 23.6. The van der Waals surface area contributed by atoms with E-state index < -0.39 is 0 Å². The maximum Gasteiger partial charge on any atom is 0.109 e. The highest BCUT2D eigenvalue weighted by Gasteiger charge is 2.32. The zero-order valence-corrected chi connectivity index (χ0v) is 7.64. The third-order valence-corrected chi connectivity index (χ3v) is 2.93. The Morgan fingerprint density at radius 3 is 3.00 bits per heavy atom. The van der Waals surface area contributed by atoms with Crippen molar-refractivity contribution in [3.05, 3.63) is 42.2 Å². The van der Waals surface area contributed by atoms with Crippen molar-refractivity contribution in [1.29, 1.82) is 0 Å². The molecule has 0 fully saturated rings. The predicted molar refractivity (Wildman–Crippen MR) is 53.3 cm³/mol. The van der Waals surface area contributed by atoms with Crippen molar-refractivity contribution in [3.63, 3.8) is 0 Å². The number of hydrogen-bond acceptors (Lipinski definition) is 2. The largest absolute Gasteiger partial charge is 0.358 e. The van der Waals surface area contributed by atoms with Crippen molar-refractivity contribution >= 4 is 5.69 Å². The van der Waals surface area contributed by atoms with E-state index >= 15 is 0 Å². The van der Waals surface area contributed by atoms with Crippen LogP contribution in [0.2, 0.25) is 0 Å². The number of likely N-dealkylation sites (N-methyl/N-ethyl adjacent to an activating group) is 1. The van der Waals surface area contributed by atoms with Crippen molar-refractivity contribution in [3.8, 4) is 0 Å². The Kier molecular flexibility index (Phi) is 1.23. The zero-order chi connectivity index (χ0) is 8.84. The molecule has 13 heavy (non-hydrogen) atoms. The molecule has 1 atom stereocenters. The van der Waals surface area contributed by atoms with E-state index in [1.54, 1.807) is 0 Å². The van der Waals surface area contributed by atoms with Gasteiger partial charge in [0.05, 0.1) is 0 Å². The van der Waals surface area contributed by atoms with Gasteiger partial charge in [-0.15, -0.1) is 0 Å². The highest BCUT2D eigenvalue weighted by molar-refractivity contribution is 5.62. The molecule has 0 radical (unpaired) electrons. The monoisotopic (exact) mass is 172 g/mol. The standard InChI is InChI=1S/C11H12N2/c1-12-6-7-13-10-5-3-2-4-9(10)8-11(12)13/h2-7,11H,8H2,1H3/t11-/m0/s1. The highest BCUT2D eigenvalue weighted by atomic mass is 15.4. The van der Waals surface area contributed by atoms with Crippen LogP contribution >= 0.6 is 0 Å². The van der Waals surface area contributed by atoms with Crippen LogP contribution in [0.5, 0.6) is 0 Å². The van der Waals surface area contributed by atoms with E-state index in [0.717, 1.165) is 6.42 Å². The number of benzene rings is 1. The third-order valence-electron chi connectivity index (χ3n) is 2.93. The minimum Gasteiger partial charge on any atom is -0.358 e. The fraction of sp³-hybridized carbons (Fsp3) is 0.273. The van der Waals surface area contributed by atoms with Gasteiger partial charge in [-0.2, -0.15) is 0 Å². The molecule has 2 heterocycles. The second-order valence-corrected chi connectivity index (χ2v) is 3.68. The van der Waals surface area contributed by atoms with Crippen LogP contribution in [-0.2, 0) is 6.42 Å². The molecule has 0 spiro atoms. The molecule has 2 aliphatic heterocycles. The molecule has 1 aromatic carbocycles. The predicted octanol–water partition coefficient (Wildman–Crippen LogP) is 1.79. The molecule has 2 aliphatic rings. The Morgan fingerprint density at radius 1 is 1.23 bits per heavy atom. The van der Waals surface area contributed by atoms with Crippen LogP contribution in [0, 0.1) is 0 Å². The Balaban J connectivity index is 2.09. The lowest BCUT2D eigenvalue weighted by molar-refractivity contribution is 0.369. The van der Waals surface area contributed by atoms with E-state index in [4.69, 9.17) is 0 Å². The van der Waals surface area contributed by atoms with Crippen LogP contribution in [0.25, 0.3) is 0 Å². The molecule has 0 aromatic heterocycles. The summed E-state index contributed by atoms with van der Waals surface area (Å²) in [5.74, 6) is 0. The van der Waals surface area contributed by atoms with Gasteiger partial charge in [0.15, 0.2) is 0 Å². The third kappa shape index (κ3) is 0.829. The maximum absolute atomic E-state index is 2.34. The number of hydrogen-bond donors (Lipinski definition) is 0. The summed E-state index contributed by atoms with van der Waals surface area (Å²) in [6.45, 7) is 0. The molecule has 2 heteroatoms. The van der Waals surface area contributed by atoms with Crippen LogP contribution in [0.4, 0.5) is 5.69 Å². The summed E-state index contributed by atoms with van der Waals surface area (Å²) in [5, 5.41) is 0. The van der Waals surface area contributed by atoms with Crippen LogP contribution in [-0.4, -0.2) is 18.1 Å². The van der Waals surface area contributed by atoms with Crippen LogP contribution < -0.4 is 4.90 Å². The van der Waals surface area contributed by atoms with Gasteiger partial charge in [-0.05, 0) is 11.6 Å². The Hall–Kier alpha value is -1.44. The first-order valence-electron chi connectivity index (χ1n) is 4.63. The van der Waals surface area contributed by atoms with Crippen LogP contribution in [0.15, 0.2) is 36.7 Å². The summed E-state index contributed by atoms with van der Waals surface area (Å²) in [7, 11) is 2.13. The second-order valence-electron chi connectivity index (χ2n) is 3.68. The van der Waals surface area contributed by atoms with Gasteiger partial charge in [-0.25, -0.2) is 0 Å². The quantitative estimate of drug-likeness (QED) is 0.588. The van der Waals surface area contributed by atoms with E-state index in [2.05, 4.69) is 53.5 Å². The topological polar surface area (TPSA) is 6.48 Å². The summed E-state index contributed by atoms with van der Waals surface area (Å²) < 4.78 is 0. The molecule has 0 bridgehead atoms. The van der Waals surface area contributed by atoms with Gasteiger partial charge in [0.25, 0.3) is 0 Å². The second kappa shape index (κ2) is 2.28. The first-order chi connectivity index (χ1) is 6.36. The molecule has 0 amide bonds. The smallest absolute Gasteiger partial charge is 0.109 e. The molecule has 2 nitrogen and oxygen atoms in total. The Morgan fingerprint density at radius 2 is 2.08 bits per heavy atom. The molecule has 66 valence electrons. The van der Waals surface area contributed by atoms with Gasteiger partial charge < -0.3 is 9.80 Å². The zero-order valence-electron chi connectivity index (χ0n) is 7.64. The van der Waals surface area contributed by atoms with E-state index in [1.807, 2.05) is 0 Å². The first-order valence-corrected chi connectivity index (χ1v) is 4.63. The summed E-state index contributed by atoms with van der Waals surface area (Å²) in [6.07, 6.45) is 5.97. The van der Waals surface area contributed by atoms with E-state index in [1.165, 1.54) is 11.3 Å². The van der Waals surface area contributed by atoms with Crippen molar-refractivity contribution in [2.24, 2.45) is 0 Å². The van der Waals surface area contributed by atoms with Crippen molar-refractivity contribution in [1.82, 2.24) is 4.90 Å². The van der Waals surface area contributed by atoms with Crippen molar-refractivity contribution in [2.45, 2.75) is 12.6 Å². The number of fused-ring (bicyclic) bond motifs is 3. The van der Waals surface area contributed by atoms with Gasteiger partial charge in [0.1, 0.15) is 6.17 Å². The van der Waals surface area contributed by atoms with Gasteiger partial charge in [0, 0.05) is 31.6 Å². The van der Waals surface area contributed by atoms with Crippen molar-refractivity contribution in [2.75, 3.05) is 11.9 Å². The Bertz CT molecular complexity index is 370. The molecule has 0 aliphatic carbocycles. The summed E-state index contributed by atoms with van der Waals surface area (Å²) in [4.78, 5) is 4.61. The molecule has 0 saturated heterocycles. The number of rotatable bonds is 0. The van der Waals surface area contributed by atoms with Gasteiger partial charge in [-0.3, -0.25) is 0 Å². The lowest BCUT2D eigenvalue weighted by Gasteiger charge is -2.23. The highest BCUT2D eigenvalue weighted by Crippen LogP contribution is 2.35. The molecule has 0 saturated carbocycles. The average Bonchev–Trinajstić information content (AvgIpc) is 2.67. The van der Waals surface area contributed by atoms with Crippen LogP contribution in [0.1, 0.15) is 5.56 Å². The summed E-state index contributed by atoms with van der Waals surface area (Å²) in [6, 6.07) is 8.63. The van der Waals surface area contributed by atoms with Crippen LogP contribution in [0.3, 0.4) is 0 Å². The molecule has 0 N–H and O–H groups in total. The average molecular weight is 172 g/mol. The molecular weight excluding hydrogens is 160 g/mol. The minimum absolute atomic E-state index is 0.525. The molecule has 1 aromatic rings. The van der Waals surface area contributed by atoms with E-state index in [0.29, 0.717) is 6.17 Å². The molecule has 3 rings (SSSR count). The fourth-order valence-electron chi connectivity index (χ4n) is 2.19. The minimum atomic E-state index is 0.525. The SMILES string of the molecule is CN1C=CN2c3ccccc3C[C@@H]12. The number of nitrogens with zero attached hydrogens (tertiary/aromatic N) is 2. The first kappa shape index (κ1) is 7.01. The van der Waals surface area contributed by atoms with Gasteiger partial charge >= 0.3 is 0 Å². The number of para-hydroxylation sites is 1. The molecule has 0 unspecified atom stereocenters. The van der Waals surface area contributed by atoms with E-state index in [9.17, 15) is 0 Å². The fourth-order valence-corrected chi connectivity index (χ4v) is 2.19. The lowest BCUT2D eigenvalue weighted by atomic mass is 10.1. The van der Waals surface area contributed by atoms with Gasteiger partial charge in [0.2, 0.25) is 0 Å². The Labute approximate surface area is 78.1 Å².